The highest BCUT2D eigenvalue weighted by Gasteiger charge is 2.18. The van der Waals surface area contributed by atoms with Crippen LogP contribution in [-0.4, -0.2) is 33.1 Å². The van der Waals surface area contributed by atoms with Gasteiger partial charge in [0.25, 0.3) is 0 Å². The maximum Gasteiger partial charge on any atom is 0.362 e. The van der Waals surface area contributed by atoms with Gasteiger partial charge in [-0.1, -0.05) is 5.21 Å². The average Bonchev–Trinajstić information content (AvgIpc) is 2.71. The number of hydrogen-bond acceptors (Lipinski definition) is 6. The number of nitrogens with zero attached hydrogens (tertiary/aromatic N) is 4. The lowest BCUT2D eigenvalue weighted by Gasteiger charge is -2.01. The van der Waals surface area contributed by atoms with Gasteiger partial charge in [0.15, 0.2) is 5.82 Å². The van der Waals surface area contributed by atoms with Crippen molar-refractivity contribution >= 4 is 11.8 Å². The van der Waals surface area contributed by atoms with Gasteiger partial charge in [-0.15, -0.1) is 5.10 Å². The minimum atomic E-state index is -0.613. The van der Waals surface area contributed by atoms with Crippen molar-refractivity contribution in [3.63, 3.8) is 0 Å². The topological polar surface area (TPSA) is 95.9 Å². The molecule has 16 heavy (non-hydrogen) atoms. The third-order valence-electron chi connectivity index (χ3n) is 1.99. The van der Waals surface area contributed by atoms with E-state index in [1.807, 2.05) is 0 Å². The Bertz CT molecular complexity index is 508. The Morgan fingerprint density at radius 2 is 2.12 bits per heavy atom. The zero-order valence-electron chi connectivity index (χ0n) is 8.49. The van der Waals surface area contributed by atoms with Crippen LogP contribution >= 0.6 is 0 Å². The molecule has 0 unspecified atom stereocenters. The lowest BCUT2D eigenvalue weighted by atomic mass is 10.4. The van der Waals surface area contributed by atoms with Crippen LogP contribution in [0.25, 0.3) is 5.69 Å². The Morgan fingerprint density at radius 1 is 1.44 bits per heavy atom. The standard InChI is InChI=1S/C9H9N5O2/c1-16-9(15)7-8(10)14(13-12-7)6-2-4-11-5-3-6/h2-5H,10H2,1H3. The summed E-state index contributed by atoms with van der Waals surface area (Å²) in [6.07, 6.45) is 3.18. The molecule has 0 saturated heterocycles. The summed E-state index contributed by atoms with van der Waals surface area (Å²) in [4.78, 5) is 15.1. The summed E-state index contributed by atoms with van der Waals surface area (Å²) >= 11 is 0. The molecule has 2 heterocycles. The second kappa shape index (κ2) is 3.97. The van der Waals surface area contributed by atoms with Crippen LogP contribution in [-0.2, 0) is 4.74 Å². The smallest absolute Gasteiger partial charge is 0.362 e. The van der Waals surface area contributed by atoms with Gasteiger partial charge in [-0.3, -0.25) is 4.98 Å². The highest BCUT2D eigenvalue weighted by molar-refractivity contribution is 5.92. The number of pyridine rings is 1. The van der Waals surface area contributed by atoms with E-state index in [1.165, 1.54) is 11.8 Å². The third kappa shape index (κ3) is 1.58. The zero-order chi connectivity index (χ0) is 11.5. The average molecular weight is 219 g/mol. The first-order chi connectivity index (χ1) is 7.74. The van der Waals surface area contributed by atoms with Crippen molar-refractivity contribution in [3.05, 3.63) is 30.2 Å². The molecule has 0 aliphatic carbocycles. The quantitative estimate of drug-likeness (QED) is 0.716. The van der Waals surface area contributed by atoms with Gasteiger partial charge in [0.1, 0.15) is 0 Å². The predicted molar refractivity (Wildman–Crippen MR) is 54.9 cm³/mol. The lowest BCUT2D eigenvalue weighted by Crippen LogP contribution is -2.07. The molecule has 0 aromatic carbocycles. The van der Waals surface area contributed by atoms with Crippen LogP contribution in [0.3, 0.4) is 0 Å². The molecule has 7 heteroatoms. The molecule has 2 aromatic heterocycles. The van der Waals surface area contributed by atoms with Gasteiger partial charge < -0.3 is 10.5 Å². The molecular weight excluding hydrogens is 210 g/mol. The molecule has 7 nitrogen and oxygen atoms in total. The van der Waals surface area contributed by atoms with E-state index in [0.717, 1.165) is 0 Å². The molecule has 0 aliphatic rings. The molecule has 0 bridgehead atoms. The van der Waals surface area contributed by atoms with Crippen molar-refractivity contribution in [1.29, 1.82) is 0 Å². The van der Waals surface area contributed by atoms with Gasteiger partial charge in [-0.05, 0) is 12.1 Å². The van der Waals surface area contributed by atoms with Gasteiger partial charge in [0.2, 0.25) is 5.69 Å². The highest BCUT2D eigenvalue weighted by atomic mass is 16.5. The van der Waals surface area contributed by atoms with Crippen LogP contribution < -0.4 is 5.73 Å². The summed E-state index contributed by atoms with van der Waals surface area (Å²) in [5.74, 6) is -0.476. The van der Waals surface area contributed by atoms with Crippen molar-refractivity contribution in [1.82, 2.24) is 20.0 Å². The van der Waals surface area contributed by atoms with Gasteiger partial charge in [-0.25, -0.2) is 4.79 Å². The number of ether oxygens (including phenoxy) is 1. The molecule has 0 amide bonds. The minimum Gasteiger partial charge on any atom is -0.464 e. The van der Waals surface area contributed by atoms with Crippen molar-refractivity contribution in [2.75, 3.05) is 12.8 Å². The van der Waals surface area contributed by atoms with Crippen molar-refractivity contribution < 1.29 is 9.53 Å². The van der Waals surface area contributed by atoms with Crippen LogP contribution in [0.2, 0.25) is 0 Å². The Morgan fingerprint density at radius 3 is 2.75 bits per heavy atom. The first kappa shape index (κ1) is 10.1. The zero-order valence-corrected chi connectivity index (χ0v) is 8.49. The van der Waals surface area contributed by atoms with Crippen LogP contribution in [0.5, 0.6) is 0 Å². The fourth-order valence-corrected chi connectivity index (χ4v) is 1.21. The number of hydrogen-bond donors (Lipinski definition) is 1. The number of methoxy groups -OCH3 is 1. The lowest BCUT2D eigenvalue weighted by molar-refractivity contribution is 0.0595. The Hall–Kier alpha value is -2.44. The van der Waals surface area contributed by atoms with E-state index < -0.39 is 5.97 Å². The molecule has 0 aliphatic heterocycles. The fraction of sp³-hybridized carbons (Fsp3) is 0.111. The van der Waals surface area contributed by atoms with Crippen molar-refractivity contribution in [2.45, 2.75) is 0 Å². The molecule has 0 fully saturated rings. The van der Waals surface area contributed by atoms with E-state index in [1.54, 1.807) is 24.5 Å². The number of rotatable bonds is 2. The third-order valence-corrected chi connectivity index (χ3v) is 1.99. The number of nitrogens with two attached hydrogens (primary N) is 1. The van der Waals surface area contributed by atoms with Crippen LogP contribution in [0, 0.1) is 0 Å². The Balaban J connectivity index is 2.45. The van der Waals surface area contributed by atoms with Crippen molar-refractivity contribution in [3.8, 4) is 5.69 Å². The number of aromatic nitrogens is 4. The van der Waals surface area contributed by atoms with Crippen LogP contribution in [0.15, 0.2) is 24.5 Å². The molecule has 0 atom stereocenters. The van der Waals surface area contributed by atoms with E-state index in [2.05, 4.69) is 20.0 Å². The number of esters is 1. The van der Waals surface area contributed by atoms with Crippen molar-refractivity contribution in [2.24, 2.45) is 0 Å². The number of nitrogen functional groups attached to an aromatic ring is 1. The second-order valence-corrected chi connectivity index (χ2v) is 2.93. The first-order valence-corrected chi connectivity index (χ1v) is 4.44. The molecule has 0 radical (unpaired) electrons. The molecule has 82 valence electrons. The number of carbonyl (C=O) groups is 1. The summed E-state index contributed by atoms with van der Waals surface area (Å²) in [5.41, 5.74) is 6.40. The molecule has 0 spiro atoms. The van der Waals surface area contributed by atoms with Gasteiger partial charge in [0.05, 0.1) is 12.8 Å². The van der Waals surface area contributed by atoms with Gasteiger partial charge >= 0.3 is 5.97 Å². The molecule has 2 rings (SSSR count). The normalized spacial score (nSPS) is 10.1. The number of anilines is 1. The molecular formula is C9H9N5O2. The summed E-state index contributed by atoms with van der Waals surface area (Å²) in [5, 5.41) is 7.42. The number of carbonyl (C=O) groups excluding carboxylic acids is 1. The minimum absolute atomic E-state index is 0.000637. The Labute approximate surface area is 90.8 Å². The molecule has 0 saturated carbocycles. The Kier molecular flexibility index (Phi) is 2.50. The van der Waals surface area contributed by atoms with Crippen LogP contribution in [0.4, 0.5) is 5.82 Å². The van der Waals surface area contributed by atoms with E-state index in [9.17, 15) is 4.79 Å². The van der Waals surface area contributed by atoms with E-state index >= 15 is 0 Å². The van der Waals surface area contributed by atoms with Gasteiger partial charge in [0, 0.05) is 12.4 Å². The monoisotopic (exact) mass is 219 g/mol. The second-order valence-electron chi connectivity index (χ2n) is 2.93. The summed E-state index contributed by atoms with van der Waals surface area (Å²) in [7, 11) is 1.26. The maximum atomic E-state index is 11.2. The van der Waals surface area contributed by atoms with E-state index in [4.69, 9.17) is 5.73 Å². The maximum absolute atomic E-state index is 11.2. The van der Waals surface area contributed by atoms with Gasteiger partial charge in [-0.2, -0.15) is 4.68 Å². The summed E-state index contributed by atoms with van der Waals surface area (Å²) in [6.45, 7) is 0. The van der Waals surface area contributed by atoms with E-state index in [-0.39, 0.29) is 11.5 Å². The van der Waals surface area contributed by atoms with Crippen LogP contribution in [0.1, 0.15) is 10.5 Å². The predicted octanol–water partition coefficient (Wildman–Crippen LogP) is 0.0311. The highest BCUT2D eigenvalue weighted by Crippen LogP contribution is 2.14. The SMILES string of the molecule is COC(=O)c1nnn(-c2ccncc2)c1N. The first-order valence-electron chi connectivity index (χ1n) is 4.44. The summed E-state index contributed by atoms with van der Waals surface area (Å²) in [6, 6.07) is 3.40. The largest absolute Gasteiger partial charge is 0.464 e. The molecule has 2 aromatic rings. The molecule has 2 N–H and O–H groups in total. The summed E-state index contributed by atoms with van der Waals surface area (Å²) < 4.78 is 5.86. The van der Waals surface area contributed by atoms with E-state index in [0.29, 0.717) is 5.69 Å². The fourth-order valence-electron chi connectivity index (χ4n) is 1.21.